The van der Waals surface area contributed by atoms with Crippen LogP contribution in [0, 0.1) is 0 Å². The molecule has 0 bridgehead atoms. The third-order valence-electron chi connectivity index (χ3n) is 4.86. The van der Waals surface area contributed by atoms with E-state index in [4.69, 9.17) is 9.26 Å². The number of aromatic nitrogens is 5. The lowest BCUT2D eigenvalue weighted by atomic mass is 9.97. The minimum absolute atomic E-state index is 0.225. The SMILES string of the molecule is CC(C)c1noc(-c2ccnc(N3CCOC(C)(c4cnn(C)c4)C3)c2)n1. The van der Waals surface area contributed by atoms with Gasteiger partial charge in [-0.1, -0.05) is 19.0 Å². The summed E-state index contributed by atoms with van der Waals surface area (Å²) >= 11 is 0. The van der Waals surface area contributed by atoms with Gasteiger partial charge >= 0.3 is 0 Å². The van der Waals surface area contributed by atoms with Crippen LogP contribution in [0.5, 0.6) is 0 Å². The zero-order valence-corrected chi connectivity index (χ0v) is 16.1. The molecule has 0 amide bonds. The Labute approximate surface area is 158 Å². The van der Waals surface area contributed by atoms with Crippen molar-refractivity contribution in [3.63, 3.8) is 0 Å². The van der Waals surface area contributed by atoms with Crippen molar-refractivity contribution >= 4 is 5.82 Å². The molecule has 0 aliphatic carbocycles. The molecule has 8 nitrogen and oxygen atoms in total. The van der Waals surface area contributed by atoms with Crippen LogP contribution in [-0.4, -0.2) is 44.6 Å². The first-order chi connectivity index (χ1) is 12.9. The van der Waals surface area contributed by atoms with Gasteiger partial charge in [0.1, 0.15) is 11.4 Å². The molecule has 0 saturated carbocycles. The first-order valence-corrected chi connectivity index (χ1v) is 9.13. The molecule has 0 aromatic carbocycles. The van der Waals surface area contributed by atoms with Crippen LogP contribution in [0.4, 0.5) is 5.82 Å². The predicted octanol–water partition coefficient (Wildman–Crippen LogP) is 2.74. The largest absolute Gasteiger partial charge is 0.367 e. The molecule has 4 rings (SSSR count). The van der Waals surface area contributed by atoms with Crippen LogP contribution in [0.2, 0.25) is 0 Å². The van der Waals surface area contributed by atoms with Gasteiger partial charge in [0.15, 0.2) is 5.82 Å². The summed E-state index contributed by atoms with van der Waals surface area (Å²) in [5.74, 6) is 2.32. The van der Waals surface area contributed by atoms with Crippen molar-refractivity contribution in [1.82, 2.24) is 24.9 Å². The number of aryl methyl sites for hydroxylation is 1. The molecule has 3 aromatic heterocycles. The molecule has 1 aliphatic rings. The maximum absolute atomic E-state index is 6.10. The fourth-order valence-corrected chi connectivity index (χ4v) is 3.25. The normalized spacial score (nSPS) is 20.4. The van der Waals surface area contributed by atoms with E-state index < -0.39 is 5.60 Å². The number of rotatable bonds is 4. The van der Waals surface area contributed by atoms with Gasteiger partial charge in [0.05, 0.1) is 19.3 Å². The van der Waals surface area contributed by atoms with Gasteiger partial charge in [0.25, 0.3) is 5.89 Å². The fraction of sp³-hybridized carbons (Fsp3) is 0.474. The van der Waals surface area contributed by atoms with E-state index >= 15 is 0 Å². The van der Waals surface area contributed by atoms with Crippen molar-refractivity contribution in [3.05, 3.63) is 42.1 Å². The second-order valence-electron chi connectivity index (χ2n) is 7.42. The Balaban J connectivity index is 1.59. The van der Waals surface area contributed by atoms with Crippen LogP contribution in [-0.2, 0) is 17.4 Å². The average Bonchev–Trinajstić information content (AvgIpc) is 3.31. The molecular formula is C19H24N6O2. The Morgan fingerprint density at radius 3 is 2.85 bits per heavy atom. The molecule has 8 heteroatoms. The predicted molar refractivity (Wildman–Crippen MR) is 100 cm³/mol. The first kappa shape index (κ1) is 17.7. The number of nitrogens with zero attached hydrogens (tertiary/aromatic N) is 6. The third-order valence-corrected chi connectivity index (χ3v) is 4.86. The molecule has 4 heterocycles. The molecule has 1 aliphatic heterocycles. The summed E-state index contributed by atoms with van der Waals surface area (Å²) in [6, 6.07) is 3.88. The average molecular weight is 368 g/mol. The van der Waals surface area contributed by atoms with Gasteiger partial charge in [0, 0.05) is 43.0 Å². The molecule has 142 valence electrons. The van der Waals surface area contributed by atoms with Crippen LogP contribution in [0.15, 0.2) is 35.2 Å². The van der Waals surface area contributed by atoms with Gasteiger partial charge in [-0.2, -0.15) is 10.1 Å². The first-order valence-electron chi connectivity index (χ1n) is 9.13. The highest BCUT2D eigenvalue weighted by Crippen LogP contribution is 2.32. The number of hydrogen-bond donors (Lipinski definition) is 0. The van der Waals surface area contributed by atoms with Crippen molar-refractivity contribution in [3.8, 4) is 11.5 Å². The van der Waals surface area contributed by atoms with Gasteiger partial charge in [-0.05, 0) is 19.1 Å². The summed E-state index contributed by atoms with van der Waals surface area (Å²) in [4.78, 5) is 11.3. The number of hydrogen-bond acceptors (Lipinski definition) is 7. The summed E-state index contributed by atoms with van der Waals surface area (Å²) < 4.78 is 13.3. The summed E-state index contributed by atoms with van der Waals surface area (Å²) in [5, 5.41) is 8.33. The standard InChI is InChI=1S/C19H24N6O2/c1-13(2)17-22-18(27-23-17)14-5-6-20-16(9-14)25-7-8-26-19(3,12-25)15-10-21-24(4)11-15/h5-6,9-11,13H,7-8,12H2,1-4H3. The Morgan fingerprint density at radius 2 is 2.15 bits per heavy atom. The van der Waals surface area contributed by atoms with Crippen molar-refractivity contribution in [2.24, 2.45) is 7.05 Å². The van der Waals surface area contributed by atoms with E-state index in [1.807, 2.05) is 45.4 Å². The quantitative estimate of drug-likeness (QED) is 0.700. The molecule has 3 aromatic rings. The molecule has 27 heavy (non-hydrogen) atoms. The monoisotopic (exact) mass is 368 g/mol. The second-order valence-corrected chi connectivity index (χ2v) is 7.42. The summed E-state index contributed by atoms with van der Waals surface area (Å²) in [5.41, 5.74) is 1.50. The third kappa shape index (κ3) is 3.44. The Kier molecular flexibility index (Phi) is 4.43. The Hall–Kier alpha value is -2.74. The smallest absolute Gasteiger partial charge is 0.258 e. The minimum atomic E-state index is -0.431. The highest BCUT2D eigenvalue weighted by molar-refractivity contribution is 5.59. The summed E-state index contributed by atoms with van der Waals surface area (Å²) in [6.45, 7) is 8.26. The Morgan fingerprint density at radius 1 is 1.30 bits per heavy atom. The van der Waals surface area contributed by atoms with Gasteiger partial charge in [-0.15, -0.1) is 0 Å². The van der Waals surface area contributed by atoms with Crippen molar-refractivity contribution in [2.45, 2.75) is 32.3 Å². The maximum atomic E-state index is 6.10. The number of morpholine rings is 1. The van der Waals surface area contributed by atoms with Crippen LogP contribution < -0.4 is 4.90 Å². The Bertz CT molecular complexity index is 934. The van der Waals surface area contributed by atoms with E-state index in [9.17, 15) is 0 Å². The van der Waals surface area contributed by atoms with Crippen molar-refractivity contribution in [2.75, 3.05) is 24.6 Å². The molecule has 0 radical (unpaired) electrons. The highest BCUT2D eigenvalue weighted by atomic mass is 16.5. The zero-order valence-electron chi connectivity index (χ0n) is 16.1. The molecule has 1 unspecified atom stereocenters. The lowest BCUT2D eigenvalue weighted by molar-refractivity contribution is -0.0468. The molecule has 1 fully saturated rings. The number of ether oxygens (including phenoxy) is 1. The van der Waals surface area contributed by atoms with E-state index in [1.165, 1.54) is 0 Å². The van der Waals surface area contributed by atoms with Gasteiger partial charge in [-0.3, -0.25) is 4.68 Å². The second kappa shape index (κ2) is 6.77. The van der Waals surface area contributed by atoms with Gasteiger partial charge in [-0.25, -0.2) is 4.98 Å². The van der Waals surface area contributed by atoms with Crippen molar-refractivity contribution in [1.29, 1.82) is 0 Å². The molecule has 1 saturated heterocycles. The van der Waals surface area contributed by atoms with Crippen LogP contribution in [0.3, 0.4) is 0 Å². The van der Waals surface area contributed by atoms with Crippen LogP contribution in [0.1, 0.15) is 38.1 Å². The van der Waals surface area contributed by atoms with E-state index in [0.29, 0.717) is 24.9 Å². The van der Waals surface area contributed by atoms with E-state index in [1.54, 1.807) is 10.9 Å². The maximum Gasteiger partial charge on any atom is 0.258 e. The van der Waals surface area contributed by atoms with Crippen molar-refractivity contribution < 1.29 is 9.26 Å². The van der Waals surface area contributed by atoms with Gasteiger partial charge < -0.3 is 14.2 Å². The fourth-order valence-electron chi connectivity index (χ4n) is 3.25. The number of anilines is 1. The van der Waals surface area contributed by atoms with Gasteiger partial charge in [0.2, 0.25) is 0 Å². The topological polar surface area (TPSA) is 82.1 Å². The summed E-state index contributed by atoms with van der Waals surface area (Å²) in [6.07, 6.45) is 5.64. The van der Waals surface area contributed by atoms with Crippen LogP contribution in [0.25, 0.3) is 11.5 Å². The molecule has 1 atom stereocenters. The highest BCUT2D eigenvalue weighted by Gasteiger charge is 2.35. The van der Waals surface area contributed by atoms with E-state index in [0.717, 1.165) is 23.5 Å². The molecular weight excluding hydrogens is 344 g/mol. The lowest BCUT2D eigenvalue weighted by Gasteiger charge is -2.40. The summed E-state index contributed by atoms with van der Waals surface area (Å²) in [7, 11) is 1.91. The number of pyridine rings is 1. The minimum Gasteiger partial charge on any atom is -0.367 e. The zero-order chi connectivity index (χ0) is 19.0. The molecule has 0 N–H and O–H groups in total. The van der Waals surface area contributed by atoms with Crippen LogP contribution >= 0.6 is 0 Å². The lowest BCUT2D eigenvalue weighted by Crippen LogP contribution is -2.48. The molecule has 0 spiro atoms. The van der Waals surface area contributed by atoms with E-state index in [2.05, 4.69) is 32.0 Å². The van der Waals surface area contributed by atoms with E-state index in [-0.39, 0.29) is 5.92 Å².